The number of likely N-dealkylation sites (N-methyl/N-ethyl adjacent to an activating group) is 1. The Morgan fingerprint density at radius 3 is 2.42 bits per heavy atom. The van der Waals surface area contributed by atoms with E-state index < -0.39 is 50.5 Å². The summed E-state index contributed by atoms with van der Waals surface area (Å²) in [4.78, 5) is 3.77. The molecular formula is C28H30FN3O6S2. The Morgan fingerprint density at radius 1 is 1.12 bits per heavy atom. The number of fused-ring (bicyclic) bond motifs is 1. The van der Waals surface area contributed by atoms with Gasteiger partial charge in [0.1, 0.15) is 22.6 Å². The van der Waals surface area contributed by atoms with Gasteiger partial charge in [0.05, 0.1) is 18.0 Å². The predicted molar refractivity (Wildman–Crippen MR) is 147 cm³/mol. The lowest BCUT2D eigenvalue weighted by Gasteiger charge is -2.37. The first-order chi connectivity index (χ1) is 18.9. The van der Waals surface area contributed by atoms with Gasteiger partial charge in [0.25, 0.3) is 0 Å². The number of aromatic nitrogens is 1. The molecule has 4 rings (SSSR count). The van der Waals surface area contributed by atoms with Crippen molar-refractivity contribution in [1.29, 1.82) is 0 Å². The van der Waals surface area contributed by atoms with Crippen LogP contribution in [0, 0.1) is 23.6 Å². The van der Waals surface area contributed by atoms with Gasteiger partial charge in [0.15, 0.2) is 0 Å². The molecule has 12 heteroatoms. The summed E-state index contributed by atoms with van der Waals surface area (Å²) < 4.78 is 75.7. The van der Waals surface area contributed by atoms with Crippen LogP contribution in [0.2, 0.25) is 0 Å². The number of hydrogen-bond acceptors (Lipinski definition) is 7. The highest BCUT2D eigenvalue weighted by Crippen LogP contribution is 2.34. The fourth-order valence-corrected chi connectivity index (χ4v) is 7.25. The minimum atomic E-state index is -4.07. The van der Waals surface area contributed by atoms with Crippen molar-refractivity contribution in [2.24, 2.45) is 5.92 Å². The lowest BCUT2D eigenvalue weighted by molar-refractivity contribution is 0.0904. The third-order valence-electron chi connectivity index (χ3n) is 6.66. The van der Waals surface area contributed by atoms with Crippen LogP contribution in [0.25, 0.3) is 0 Å². The molecule has 3 atom stereocenters. The second-order valence-electron chi connectivity index (χ2n) is 9.63. The van der Waals surface area contributed by atoms with Crippen molar-refractivity contribution in [2.75, 3.05) is 26.7 Å². The Balaban J connectivity index is 1.74. The van der Waals surface area contributed by atoms with Crippen LogP contribution in [-0.2, 0) is 20.0 Å². The third kappa shape index (κ3) is 6.35. The van der Waals surface area contributed by atoms with E-state index in [1.165, 1.54) is 35.6 Å². The van der Waals surface area contributed by atoms with Gasteiger partial charge in [-0.15, -0.1) is 0 Å². The molecular weight excluding hydrogens is 557 g/mol. The molecule has 2 heterocycles. The second-order valence-corrected chi connectivity index (χ2v) is 13.5. The first kappa shape index (κ1) is 29.6. The van der Waals surface area contributed by atoms with E-state index in [-0.39, 0.29) is 28.6 Å². The Kier molecular flexibility index (Phi) is 8.92. The van der Waals surface area contributed by atoms with E-state index in [0.717, 1.165) is 22.0 Å². The Hall–Kier alpha value is -3.34. The van der Waals surface area contributed by atoms with Gasteiger partial charge >= 0.3 is 0 Å². The first-order valence-electron chi connectivity index (χ1n) is 12.5. The molecule has 0 unspecified atom stereocenters. The van der Waals surface area contributed by atoms with Crippen LogP contribution in [-0.4, -0.2) is 74.4 Å². The number of pyridine rings is 1. The van der Waals surface area contributed by atoms with Gasteiger partial charge in [-0.1, -0.05) is 18.8 Å². The van der Waals surface area contributed by atoms with Crippen LogP contribution in [0.5, 0.6) is 5.75 Å². The summed E-state index contributed by atoms with van der Waals surface area (Å²) in [6, 6.07) is 11.8. The molecule has 0 radical (unpaired) electrons. The largest absolute Gasteiger partial charge is 0.487 e. The molecule has 0 amide bonds. The second kappa shape index (κ2) is 12.0. The quantitative estimate of drug-likeness (QED) is 0.441. The highest BCUT2D eigenvalue weighted by molar-refractivity contribution is 7.89. The van der Waals surface area contributed by atoms with Crippen LogP contribution in [0.3, 0.4) is 0 Å². The molecule has 1 aliphatic heterocycles. The number of hydrogen-bond donors (Lipinski definition) is 1. The maximum atomic E-state index is 13.7. The van der Waals surface area contributed by atoms with E-state index >= 15 is 0 Å². The highest BCUT2D eigenvalue weighted by Gasteiger charge is 2.39. The van der Waals surface area contributed by atoms with E-state index in [9.17, 15) is 26.3 Å². The van der Waals surface area contributed by atoms with Crippen LogP contribution in [0.15, 0.2) is 76.8 Å². The molecule has 212 valence electrons. The number of nitrogens with zero attached hydrogens (tertiary/aromatic N) is 3. The third-order valence-corrected chi connectivity index (χ3v) is 10.5. The number of aliphatic hydroxyl groups excluding tert-OH is 1. The first-order valence-corrected chi connectivity index (χ1v) is 15.4. The predicted octanol–water partition coefficient (Wildman–Crippen LogP) is 2.71. The van der Waals surface area contributed by atoms with Crippen LogP contribution < -0.4 is 4.74 Å². The number of benzene rings is 2. The maximum Gasteiger partial charge on any atom is 0.247 e. The molecule has 0 bridgehead atoms. The van der Waals surface area contributed by atoms with Crippen molar-refractivity contribution in [3.05, 3.63) is 83.9 Å². The summed E-state index contributed by atoms with van der Waals surface area (Å²) in [5, 5.41) is 9.83. The Bertz CT molecular complexity index is 1620. The van der Waals surface area contributed by atoms with Crippen molar-refractivity contribution in [1.82, 2.24) is 13.6 Å². The number of aliphatic hydroxyl groups is 1. The fraction of sp³-hybridized carbons (Fsp3) is 0.321. The topological polar surface area (TPSA) is 117 Å². The molecule has 1 aromatic heterocycles. The Morgan fingerprint density at radius 2 is 1.77 bits per heavy atom. The number of ether oxygens (including phenoxy) is 1. The van der Waals surface area contributed by atoms with Gasteiger partial charge in [-0.25, -0.2) is 21.2 Å². The smallest absolute Gasteiger partial charge is 0.247 e. The number of halogens is 1. The molecule has 0 saturated carbocycles. The molecule has 0 saturated heterocycles. The lowest BCUT2D eigenvalue weighted by Crippen LogP contribution is -2.50. The van der Waals surface area contributed by atoms with E-state index in [2.05, 4.69) is 16.8 Å². The van der Waals surface area contributed by atoms with E-state index in [0.29, 0.717) is 5.56 Å². The maximum absolute atomic E-state index is 13.7. The molecule has 0 spiro atoms. The molecule has 0 aliphatic carbocycles. The van der Waals surface area contributed by atoms with Crippen molar-refractivity contribution < 1.29 is 31.1 Å². The average Bonchev–Trinajstić information content (AvgIpc) is 2.94. The number of rotatable bonds is 6. The molecule has 2 aromatic carbocycles. The molecule has 3 aromatic rings. The lowest BCUT2D eigenvalue weighted by atomic mass is 10.0. The van der Waals surface area contributed by atoms with Gasteiger partial charge in [-0.05, 0) is 61.5 Å². The normalized spacial score (nSPS) is 19.9. The fourth-order valence-electron chi connectivity index (χ4n) is 4.24. The molecule has 9 nitrogen and oxygen atoms in total. The summed E-state index contributed by atoms with van der Waals surface area (Å²) >= 11 is 0. The summed E-state index contributed by atoms with van der Waals surface area (Å²) in [5.41, 5.74) is 1.21. The summed E-state index contributed by atoms with van der Waals surface area (Å²) in [6.07, 6.45) is 2.45. The van der Waals surface area contributed by atoms with Gasteiger partial charge < -0.3 is 9.84 Å². The monoisotopic (exact) mass is 587 g/mol. The van der Waals surface area contributed by atoms with Crippen LogP contribution >= 0.6 is 0 Å². The summed E-state index contributed by atoms with van der Waals surface area (Å²) in [5.74, 6) is 4.98. The minimum absolute atomic E-state index is 0.0117. The minimum Gasteiger partial charge on any atom is -0.487 e. The van der Waals surface area contributed by atoms with Crippen molar-refractivity contribution in [3.63, 3.8) is 0 Å². The standard InChI is InChI=1S/C28H30FN3O6S2/c1-20-17-32(21(2)19-33)40(36,37)28-11-6-23(5-4-22-12-14-30-15-13-22)16-26(28)38-27(20)18-31(3)39(34,35)25-9-7-24(29)8-10-25/h6-16,20-21,27,33H,17-19H2,1-3H3/t20-,21-,27-/m1/s1. The van der Waals surface area contributed by atoms with Gasteiger partial charge in [0, 0.05) is 49.1 Å². The van der Waals surface area contributed by atoms with E-state index in [4.69, 9.17) is 4.74 Å². The average molecular weight is 588 g/mol. The van der Waals surface area contributed by atoms with Gasteiger partial charge in [-0.2, -0.15) is 8.61 Å². The van der Waals surface area contributed by atoms with E-state index in [1.807, 2.05) is 0 Å². The van der Waals surface area contributed by atoms with Gasteiger partial charge in [0.2, 0.25) is 20.0 Å². The van der Waals surface area contributed by atoms with Crippen LogP contribution in [0.4, 0.5) is 4.39 Å². The molecule has 1 aliphatic rings. The zero-order valence-electron chi connectivity index (χ0n) is 22.2. The van der Waals surface area contributed by atoms with Crippen LogP contribution in [0.1, 0.15) is 25.0 Å². The highest BCUT2D eigenvalue weighted by atomic mass is 32.2. The SMILES string of the molecule is C[C@@H]1CN([C@H](C)CO)S(=O)(=O)c2ccc(C#Cc3ccncc3)cc2O[C@@H]1CN(C)S(=O)(=O)c1ccc(F)cc1. The Labute approximate surface area is 234 Å². The van der Waals surface area contributed by atoms with Gasteiger partial charge in [-0.3, -0.25) is 4.98 Å². The van der Waals surface area contributed by atoms with E-state index in [1.54, 1.807) is 44.4 Å². The number of sulfonamides is 2. The molecule has 1 N–H and O–H groups in total. The zero-order chi connectivity index (χ0) is 29.1. The van der Waals surface area contributed by atoms with Crippen molar-refractivity contribution in [2.45, 2.75) is 35.8 Å². The van der Waals surface area contributed by atoms with Crippen molar-refractivity contribution >= 4 is 20.0 Å². The summed E-state index contributed by atoms with van der Waals surface area (Å²) in [6.45, 7) is 2.83. The summed E-state index contributed by atoms with van der Waals surface area (Å²) in [7, 11) is -6.68. The zero-order valence-corrected chi connectivity index (χ0v) is 23.9. The molecule has 0 fully saturated rings. The van der Waals surface area contributed by atoms with Crippen molar-refractivity contribution in [3.8, 4) is 17.6 Å². The molecule has 40 heavy (non-hydrogen) atoms.